The number of amides is 1. The zero-order chi connectivity index (χ0) is 17.7. The van der Waals surface area contributed by atoms with E-state index in [2.05, 4.69) is 5.32 Å². The zero-order valence-electron chi connectivity index (χ0n) is 12.2. The summed E-state index contributed by atoms with van der Waals surface area (Å²) < 4.78 is 35.2. The van der Waals surface area contributed by atoms with Crippen LogP contribution in [0.2, 0.25) is 0 Å². The maximum absolute atomic E-state index is 12.9. The first-order valence-electron chi connectivity index (χ1n) is 6.61. The number of rotatable bonds is 4. The summed E-state index contributed by atoms with van der Waals surface area (Å²) in [5.41, 5.74) is 0.609. The van der Waals surface area contributed by atoms with Crippen molar-refractivity contribution >= 4 is 27.7 Å². The third-order valence-corrected chi connectivity index (χ3v) is 3.92. The zero-order valence-corrected chi connectivity index (χ0v) is 13.0. The Kier molecular flexibility index (Phi) is 5.08. The van der Waals surface area contributed by atoms with E-state index in [1.165, 1.54) is 54.6 Å². The Morgan fingerprint density at radius 3 is 2.21 bits per heavy atom. The van der Waals surface area contributed by atoms with Crippen LogP contribution >= 0.6 is 0 Å². The largest absolute Gasteiger partial charge is 0.321 e. The van der Waals surface area contributed by atoms with E-state index in [1.54, 1.807) is 6.07 Å². The van der Waals surface area contributed by atoms with Gasteiger partial charge in [0.15, 0.2) is 0 Å². The highest BCUT2D eigenvalue weighted by Crippen LogP contribution is 2.15. The van der Waals surface area contributed by atoms with Crippen molar-refractivity contribution in [1.82, 2.24) is 0 Å². The van der Waals surface area contributed by atoms with E-state index >= 15 is 0 Å². The molecule has 2 aromatic carbocycles. The fourth-order valence-corrected chi connectivity index (χ4v) is 2.32. The van der Waals surface area contributed by atoms with E-state index in [0.29, 0.717) is 11.3 Å². The summed E-state index contributed by atoms with van der Waals surface area (Å²) in [7, 11) is -3.82. The van der Waals surface area contributed by atoms with Crippen LogP contribution in [-0.2, 0) is 14.8 Å². The van der Waals surface area contributed by atoms with Crippen molar-refractivity contribution in [2.75, 3.05) is 5.32 Å². The number of hydrogen-bond acceptors (Lipinski definition) is 4. The van der Waals surface area contributed by atoms with E-state index in [0.717, 1.165) is 0 Å². The highest BCUT2D eigenvalue weighted by molar-refractivity contribution is 7.89. The average molecular weight is 345 g/mol. The molecule has 8 heteroatoms. The first kappa shape index (κ1) is 17.3. The van der Waals surface area contributed by atoms with Crippen molar-refractivity contribution < 1.29 is 17.6 Å². The molecule has 0 bridgehead atoms. The van der Waals surface area contributed by atoms with Crippen LogP contribution in [0.5, 0.6) is 0 Å². The monoisotopic (exact) mass is 345 g/mol. The van der Waals surface area contributed by atoms with Crippen molar-refractivity contribution in [2.45, 2.75) is 4.90 Å². The maximum atomic E-state index is 12.9. The van der Waals surface area contributed by atoms with Crippen molar-refractivity contribution in [1.29, 1.82) is 5.26 Å². The average Bonchev–Trinajstić information content (AvgIpc) is 2.54. The van der Waals surface area contributed by atoms with E-state index in [9.17, 15) is 17.6 Å². The number of benzene rings is 2. The van der Waals surface area contributed by atoms with Crippen LogP contribution in [0.4, 0.5) is 10.1 Å². The van der Waals surface area contributed by atoms with Crippen molar-refractivity contribution in [3.63, 3.8) is 0 Å². The minimum absolute atomic E-state index is 0.0946. The topological polar surface area (TPSA) is 113 Å². The fourth-order valence-electron chi connectivity index (χ4n) is 1.80. The quantitative estimate of drug-likeness (QED) is 0.652. The number of nitrogens with two attached hydrogens (primary N) is 1. The standard InChI is InChI=1S/C16H12FN3O3S/c17-13-3-1-11(2-4-13)9-12(10-18)16(21)20-14-5-7-15(8-6-14)24(19,22)23/h1-9H,(H,20,21)(H2,19,22,23)/b12-9-. The predicted octanol–water partition coefficient (Wildman–Crippen LogP) is 2.02. The van der Waals surface area contributed by atoms with Crippen molar-refractivity contribution in [3.05, 3.63) is 65.5 Å². The third-order valence-electron chi connectivity index (χ3n) is 2.99. The first-order chi connectivity index (χ1) is 11.3. The van der Waals surface area contributed by atoms with Crippen molar-refractivity contribution in [3.8, 4) is 6.07 Å². The normalized spacial score (nSPS) is 11.6. The first-order valence-corrected chi connectivity index (χ1v) is 8.16. The SMILES string of the molecule is N#C/C(=C/c1ccc(F)cc1)C(=O)Nc1ccc(S(N)(=O)=O)cc1. The molecule has 0 spiro atoms. The van der Waals surface area contributed by atoms with Gasteiger partial charge in [0.25, 0.3) is 5.91 Å². The number of nitrogens with zero attached hydrogens (tertiary/aromatic N) is 1. The van der Waals surface area contributed by atoms with Gasteiger partial charge in [0.1, 0.15) is 17.5 Å². The van der Waals surface area contributed by atoms with Gasteiger partial charge < -0.3 is 5.32 Å². The van der Waals surface area contributed by atoms with Crippen LogP contribution < -0.4 is 10.5 Å². The number of hydrogen-bond donors (Lipinski definition) is 2. The molecule has 3 N–H and O–H groups in total. The minimum Gasteiger partial charge on any atom is -0.321 e. The number of nitrogens with one attached hydrogen (secondary N) is 1. The second kappa shape index (κ2) is 7.04. The Hall–Kier alpha value is -3.02. The highest BCUT2D eigenvalue weighted by Gasteiger charge is 2.11. The number of sulfonamides is 1. The van der Waals surface area contributed by atoms with Crippen LogP contribution in [0.15, 0.2) is 59.0 Å². The summed E-state index contributed by atoms with van der Waals surface area (Å²) in [5, 5.41) is 16.5. The fraction of sp³-hybridized carbons (Fsp3) is 0. The molecule has 0 radical (unpaired) electrons. The van der Waals surface area contributed by atoms with Gasteiger partial charge in [-0.2, -0.15) is 5.26 Å². The molecule has 2 aromatic rings. The lowest BCUT2D eigenvalue weighted by atomic mass is 10.1. The summed E-state index contributed by atoms with van der Waals surface area (Å²) >= 11 is 0. The van der Waals surface area contributed by atoms with Gasteiger partial charge in [0.05, 0.1) is 4.90 Å². The van der Waals surface area contributed by atoms with E-state index in [-0.39, 0.29) is 10.5 Å². The van der Waals surface area contributed by atoms with Gasteiger partial charge in [-0.05, 0) is 48.0 Å². The maximum Gasteiger partial charge on any atom is 0.266 e. The van der Waals surface area contributed by atoms with Gasteiger partial charge in [-0.25, -0.2) is 17.9 Å². The number of nitriles is 1. The molecule has 0 heterocycles. The molecular formula is C16H12FN3O3S. The molecule has 0 atom stereocenters. The Morgan fingerprint density at radius 1 is 1.12 bits per heavy atom. The number of primary sulfonamides is 1. The number of halogens is 1. The van der Waals surface area contributed by atoms with Gasteiger partial charge in [-0.1, -0.05) is 12.1 Å². The number of carbonyl (C=O) groups is 1. The minimum atomic E-state index is -3.82. The Bertz CT molecular complexity index is 928. The molecule has 0 unspecified atom stereocenters. The lowest BCUT2D eigenvalue weighted by molar-refractivity contribution is -0.112. The summed E-state index contributed by atoms with van der Waals surface area (Å²) in [6, 6.07) is 12.2. The van der Waals surface area contributed by atoms with E-state index in [4.69, 9.17) is 10.4 Å². The van der Waals surface area contributed by atoms with Crippen molar-refractivity contribution in [2.24, 2.45) is 5.14 Å². The Balaban J connectivity index is 2.18. The summed E-state index contributed by atoms with van der Waals surface area (Å²) in [4.78, 5) is 12.0. The van der Waals surface area contributed by atoms with Gasteiger partial charge in [0, 0.05) is 5.69 Å². The molecule has 122 valence electrons. The molecule has 0 aliphatic carbocycles. The smallest absolute Gasteiger partial charge is 0.266 e. The second-order valence-electron chi connectivity index (χ2n) is 4.74. The Morgan fingerprint density at radius 2 is 1.71 bits per heavy atom. The van der Waals surface area contributed by atoms with Crippen LogP contribution in [0.3, 0.4) is 0 Å². The van der Waals surface area contributed by atoms with Gasteiger partial charge >= 0.3 is 0 Å². The lowest BCUT2D eigenvalue weighted by Crippen LogP contribution is -2.14. The number of anilines is 1. The molecule has 6 nitrogen and oxygen atoms in total. The summed E-state index contributed by atoms with van der Waals surface area (Å²) in [6.07, 6.45) is 1.31. The highest BCUT2D eigenvalue weighted by atomic mass is 32.2. The predicted molar refractivity (Wildman–Crippen MR) is 86.4 cm³/mol. The van der Waals surface area contributed by atoms with Crippen LogP contribution in [0, 0.1) is 17.1 Å². The molecule has 0 aliphatic heterocycles. The summed E-state index contributed by atoms with van der Waals surface area (Å²) in [5.74, 6) is -1.10. The van der Waals surface area contributed by atoms with Crippen LogP contribution in [-0.4, -0.2) is 14.3 Å². The molecule has 0 fully saturated rings. The third kappa shape index (κ3) is 4.49. The van der Waals surface area contributed by atoms with Gasteiger partial charge in [0.2, 0.25) is 10.0 Å². The van der Waals surface area contributed by atoms with Crippen LogP contribution in [0.1, 0.15) is 5.56 Å². The van der Waals surface area contributed by atoms with Gasteiger partial charge in [-0.3, -0.25) is 4.79 Å². The molecule has 0 aliphatic rings. The van der Waals surface area contributed by atoms with Crippen LogP contribution in [0.25, 0.3) is 6.08 Å². The molecule has 0 aromatic heterocycles. The molecular weight excluding hydrogens is 333 g/mol. The molecule has 1 amide bonds. The molecule has 0 saturated carbocycles. The Labute approximate surface area is 138 Å². The summed E-state index contributed by atoms with van der Waals surface area (Å²) in [6.45, 7) is 0. The second-order valence-corrected chi connectivity index (χ2v) is 6.31. The number of carbonyl (C=O) groups excluding carboxylic acids is 1. The van der Waals surface area contributed by atoms with E-state index < -0.39 is 21.7 Å². The lowest BCUT2D eigenvalue weighted by Gasteiger charge is -2.05. The van der Waals surface area contributed by atoms with E-state index in [1.807, 2.05) is 0 Å². The van der Waals surface area contributed by atoms with Gasteiger partial charge in [-0.15, -0.1) is 0 Å². The molecule has 2 rings (SSSR count). The molecule has 24 heavy (non-hydrogen) atoms. The molecule has 0 saturated heterocycles.